The maximum atomic E-state index is 12.6. The summed E-state index contributed by atoms with van der Waals surface area (Å²) in [5, 5.41) is 3.65. The molecule has 41 heavy (non-hydrogen) atoms. The van der Waals surface area contributed by atoms with Gasteiger partial charge < -0.3 is 15.8 Å². The molecule has 3 aromatic carbocycles. The molecule has 3 aromatic rings. The summed E-state index contributed by atoms with van der Waals surface area (Å²) >= 11 is 0. The number of carbonyl (C=O) groups excluding carboxylic acids is 1. The number of rotatable bonds is 8. The summed E-state index contributed by atoms with van der Waals surface area (Å²) in [6.45, 7) is 6.81. The van der Waals surface area contributed by atoms with E-state index in [0.29, 0.717) is 12.0 Å². The molecule has 0 spiro atoms. The largest absolute Gasteiger partial charge is 0.489 e. The molecular formula is C35H40FN3O2. The van der Waals surface area contributed by atoms with E-state index in [9.17, 15) is 9.18 Å². The van der Waals surface area contributed by atoms with E-state index in [0.717, 1.165) is 74.2 Å². The van der Waals surface area contributed by atoms with Gasteiger partial charge in [0.1, 0.15) is 11.9 Å². The van der Waals surface area contributed by atoms with Crippen molar-refractivity contribution in [2.45, 2.75) is 64.0 Å². The van der Waals surface area contributed by atoms with Crippen molar-refractivity contribution in [2.24, 2.45) is 5.73 Å². The first-order valence-electron chi connectivity index (χ1n) is 14.9. The average molecular weight is 554 g/mol. The van der Waals surface area contributed by atoms with Crippen LogP contribution in [0.5, 0.6) is 5.75 Å². The summed E-state index contributed by atoms with van der Waals surface area (Å²) in [7, 11) is 0. The van der Waals surface area contributed by atoms with Crippen LogP contribution < -0.4 is 15.8 Å². The van der Waals surface area contributed by atoms with Gasteiger partial charge in [-0.25, -0.2) is 0 Å². The molecule has 214 valence electrons. The minimum atomic E-state index is -0.395. The monoisotopic (exact) mass is 553 g/mol. The molecule has 2 heterocycles. The Balaban J connectivity index is 1.36. The molecular weight excluding hydrogens is 513 g/mol. The van der Waals surface area contributed by atoms with E-state index in [-0.39, 0.29) is 18.3 Å². The van der Waals surface area contributed by atoms with Gasteiger partial charge in [0.2, 0.25) is 5.91 Å². The van der Waals surface area contributed by atoms with Crippen LogP contribution in [-0.4, -0.2) is 48.8 Å². The van der Waals surface area contributed by atoms with Crippen molar-refractivity contribution in [1.82, 2.24) is 4.90 Å². The maximum Gasteiger partial charge on any atom is 0.248 e. The fraction of sp³-hybridized carbons (Fsp3) is 0.400. The Morgan fingerprint density at radius 3 is 2.63 bits per heavy atom. The number of nitrogens with two attached hydrogens (primary N) is 1. The second-order valence-corrected chi connectivity index (χ2v) is 12.4. The summed E-state index contributed by atoms with van der Waals surface area (Å²) in [6.07, 6.45) is 5.51. The molecule has 6 heteroatoms. The number of benzene rings is 3. The summed E-state index contributed by atoms with van der Waals surface area (Å²) in [5.41, 5.74) is 16.1. The van der Waals surface area contributed by atoms with E-state index in [1.165, 1.54) is 28.0 Å². The van der Waals surface area contributed by atoms with Crippen LogP contribution in [-0.2, 0) is 12.8 Å². The van der Waals surface area contributed by atoms with Gasteiger partial charge >= 0.3 is 0 Å². The van der Waals surface area contributed by atoms with E-state index < -0.39 is 5.91 Å². The zero-order valence-electron chi connectivity index (χ0n) is 24.1. The lowest BCUT2D eigenvalue weighted by Gasteiger charge is -2.19. The Morgan fingerprint density at radius 1 is 1.05 bits per heavy atom. The Kier molecular flexibility index (Phi) is 7.60. The lowest BCUT2D eigenvalue weighted by Crippen LogP contribution is -2.26. The lowest BCUT2D eigenvalue weighted by molar-refractivity contribution is 0.1000. The number of fused-ring (bicyclic) bond motifs is 2. The molecule has 1 aliphatic carbocycles. The summed E-state index contributed by atoms with van der Waals surface area (Å²) in [6, 6.07) is 21.2. The molecule has 1 fully saturated rings. The van der Waals surface area contributed by atoms with Gasteiger partial charge in [0.05, 0.1) is 6.67 Å². The van der Waals surface area contributed by atoms with Crippen molar-refractivity contribution >= 4 is 22.7 Å². The first kappa shape index (κ1) is 27.5. The quantitative estimate of drug-likeness (QED) is 0.328. The minimum absolute atomic E-state index is 0.0544. The first-order valence-corrected chi connectivity index (χ1v) is 14.9. The number of halogens is 1. The van der Waals surface area contributed by atoms with Crippen molar-refractivity contribution in [3.05, 3.63) is 94.0 Å². The highest BCUT2D eigenvalue weighted by Gasteiger charge is 2.29. The second kappa shape index (κ2) is 11.3. The first-order chi connectivity index (χ1) is 19.8. The number of carbonyl (C=O) groups is 1. The van der Waals surface area contributed by atoms with Crippen LogP contribution in [0.15, 0.2) is 60.7 Å². The van der Waals surface area contributed by atoms with Gasteiger partial charge in [-0.2, -0.15) is 0 Å². The highest BCUT2D eigenvalue weighted by Crippen LogP contribution is 2.42. The van der Waals surface area contributed by atoms with E-state index in [2.05, 4.69) is 72.6 Å². The van der Waals surface area contributed by atoms with Crippen LogP contribution in [0.1, 0.15) is 77.7 Å². The van der Waals surface area contributed by atoms with Gasteiger partial charge in [-0.15, -0.1) is 0 Å². The van der Waals surface area contributed by atoms with Crippen LogP contribution in [0.2, 0.25) is 0 Å². The molecule has 2 aliphatic heterocycles. The number of allylic oxidation sites excluding steroid dienone is 1. The molecule has 0 bridgehead atoms. The Hall–Kier alpha value is -3.64. The fourth-order valence-corrected chi connectivity index (χ4v) is 6.77. The van der Waals surface area contributed by atoms with Crippen molar-refractivity contribution in [1.29, 1.82) is 0 Å². The van der Waals surface area contributed by atoms with Crippen molar-refractivity contribution in [3.63, 3.8) is 0 Å². The number of primary amides is 1. The van der Waals surface area contributed by atoms with Gasteiger partial charge in [0.15, 0.2) is 0 Å². The molecule has 3 N–H and O–H groups in total. The van der Waals surface area contributed by atoms with Crippen LogP contribution in [0, 0.1) is 0 Å². The highest BCUT2D eigenvalue weighted by molar-refractivity contribution is 6.01. The smallest absolute Gasteiger partial charge is 0.248 e. The number of anilines is 1. The van der Waals surface area contributed by atoms with Gasteiger partial charge in [0, 0.05) is 36.4 Å². The number of nitrogens with zero attached hydrogens (tertiary/aromatic N) is 1. The van der Waals surface area contributed by atoms with E-state index in [4.69, 9.17) is 10.5 Å². The molecule has 0 aromatic heterocycles. The summed E-state index contributed by atoms with van der Waals surface area (Å²) < 4.78 is 18.9. The molecule has 1 saturated heterocycles. The third-order valence-electron chi connectivity index (χ3n) is 8.68. The number of amides is 1. The van der Waals surface area contributed by atoms with Crippen LogP contribution in [0.3, 0.4) is 0 Å². The van der Waals surface area contributed by atoms with Crippen LogP contribution >= 0.6 is 0 Å². The minimum Gasteiger partial charge on any atom is -0.489 e. The van der Waals surface area contributed by atoms with Gasteiger partial charge in [-0.3, -0.25) is 14.1 Å². The number of hydrogen-bond acceptors (Lipinski definition) is 4. The molecule has 0 radical (unpaired) electrons. The average Bonchev–Trinajstić information content (AvgIpc) is 3.47. The van der Waals surface area contributed by atoms with Crippen molar-refractivity contribution in [2.75, 3.05) is 31.6 Å². The molecule has 6 rings (SSSR count). The van der Waals surface area contributed by atoms with Gasteiger partial charge in [-0.1, -0.05) is 24.3 Å². The van der Waals surface area contributed by atoms with Gasteiger partial charge in [-0.05, 0) is 128 Å². The Morgan fingerprint density at radius 2 is 1.85 bits per heavy atom. The zero-order chi connectivity index (χ0) is 28.6. The number of aryl methyl sites for hydroxylation is 1. The van der Waals surface area contributed by atoms with Gasteiger partial charge in [0.25, 0.3) is 0 Å². The lowest BCUT2D eigenvalue weighted by atomic mass is 9.86. The summed E-state index contributed by atoms with van der Waals surface area (Å²) in [4.78, 5) is 14.3. The molecule has 3 aliphatic rings. The van der Waals surface area contributed by atoms with Crippen molar-refractivity contribution in [3.8, 4) is 5.75 Å². The zero-order valence-corrected chi connectivity index (χ0v) is 24.1. The van der Waals surface area contributed by atoms with E-state index in [1.807, 2.05) is 12.1 Å². The Labute approximate surface area is 242 Å². The standard InChI is InChI=1S/C35H40FN3O2/c1-35(2)21-27-20-25(10-14-32(27)38-35)30-6-3-5-24-19-26(34(37)40)9-13-31(24)33(30)23-7-11-28(12-8-23)41-29-15-18-39(22-29)17-4-16-36/h7-14,19-20,29,38H,3-6,15-18,21-22H2,1-2H3,(H2,37,40)/t29-/m0/s1. The Bertz CT molecular complexity index is 1480. The highest BCUT2D eigenvalue weighted by atomic mass is 19.1. The molecule has 1 amide bonds. The fourth-order valence-electron chi connectivity index (χ4n) is 6.77. The normalized spacial score (nSPS) is 19.8. The van der Waals surface area contributed by atoms with E-state index >= 15 is 0 Å². The second-order valence-electron chi connectivity index (χ2n) is 12.4. The molecule has 1 atom stereocenters. The SMILES string of the molecule is CC1(C)Cc2cc(C3=C(c4ccc(O[C@H]5CCN(CCCF)C5)cc4)c4ccc(C(N)=O)cc4CCC3)ccc2N1. The molecule has 0 saturated carbocycles. The number of ether oxygens (including phenoxy) is 1. The van der Waals surface area contributed by atoms with E-state index in [1.54, 1.807) is 0 Å². The number of nitrogens with one attached hydrogen (secondary N) is 1. The molecule has 5 nitrogen and oxygen atoms in total. The third-order valence-corrected chi connectivity index (χ3v) is 8.68. The third kappa shape index (κ3) is 5.89. The topological polar surface area (TPSA) is 67.6 Å². The number of likely N-dealkylation sites (tertiary alicyclic amines) is 1. The summed E-state index contributed by atoms with van der Waals surface area (Å²) in [5.74, 6) is 0.463. The predicted molar refractivity (Wildman–Crippen MR) is 164 cm³/mol. The molecule has 0 unspecified atom stereocenters. The van der Waals surface area contributed by atoms with Crippen molar-refractivity contribution < 1.29 is 13.9 Å². The maximum absolute atomic E-state index is 12.6. The number of hydrogen-bond donors (Lipinski definition) is 2. The predicted octanol–water partition coefficient (Wildman–Crippen LogP) is 6.64. The number of alkyl halides is 1. The van der Waals surface area contributed by atoms with Crippen LogP contribution in [0.4, 0.5) is 10.1 Å². The van der Waals surface area contributed by atoms with Crippen LogP contribution in [0.25, 0.3) is 11.1 Å².